The Morgan fingerprint density at radius 2 is 1.89 bits per heavy atom. The van der Waals surface area contributed by atoms with Gasteiger partial charge in [-0.2, -0.15) is 4.80 Å². The zero-order chi connectivity index (χ0) is 19.6. The molecule has 0 spiro atoms. The monoisotopic (exact) mass is 393 g/mol. The van der Waals surface area contributed by atoms with E-state index >= 15 is 0 Å². The van der Waals surface area contributed by atoms with E-state index in [1.54, 1.807) is 13.0 Å². The van der Waals surface area contributed by atoms with Gasteiger partial charge in [-0.25, -0.2) is 18.2 Å². The van der Waals surface area contributed by atoms with Crippen molar-refractivity contribution in [3.8, 4) is 11.4 Å². The second-order valence-electron chi connectivity index (χ2n) is 7.33. The highest BCUT2D eigenvalue weighted by molar-refractivity contribution is 7.90. The van der Waals surface area contributed by atoms with Crippen LogP contribution >= 0.6 is 0 Å². The Bertz CT molecular complexity index is 933. The number of aromatic nitrogens is 5. The molecule has 1 N–H and O–H groups in total. The van der Waals surface area contributed by atoms with Crippen LogP contribution in [0.4, 0.5) is 0 Å². The fourth-order valence-corrected chi connectivity index (χ4v) is 4.77. The van der Waals surface area contributed by atoms with E-state index in [1.165, 1.54) is 17.1 Å². The zero-order valence-corrected chi connectivity index (χ0v) is 16.2. The van der Waals surface area contributed by atoms with Gasteiger partial charge in [0.2, 0.25) is 5.82 Å². The summed E-state index contributed by atoms with van der Waals surface area (Å²) in [6.45, 7) is 2.34. The number of carbonyl (C=O) groups is 1. The molecule has 1 aliphatic rings. The third-order valence-corrected chi connectivity index (χ3v) is 5.89. The second kappa shape index (κ2) is 7.71. The molecule has 0 aliphatic heterocycles. The van der Waals surface area contributed by atoms with Crippen molar-refractivity contribution < 1.29 is 18.3 Å². The van der Waals surface area contributed by atoms with E-state index in [1.807, 2.05) is 0 Å². The van der Waals surface area contributed by atoms with Gasteiger partial charge in [0, 0.05) is 17.5 Å². The minimum Gasteiger partial charge on any atom is -0.477 e. The summed E-state index contributed by atoms with van der Waals surface area (Å²) in [6, 6.07) is 3.16. The highest BCUT2D eigenvalue weighted by Gasteiger charge is 2.25. The first-order valence-corrected chi connectivity index (χ1v) is 10.9. The standard InChI is InChI=1S/C17H23N5O4S/c1-11-7-14(8-15(18-11)17(23)24)16-19-21-22(20-16)9-12-3-5-13(6-4-12)10-27(2,25)26/h7-8,12-13H,3-6,9-10H2,1-2H3,(H,23,24)/t12-,13-. The number of nitrogens with zero attached hydrogens (tertiary/aromatic N) is 5. The van der Waals surface area contributed by atoms with Crippen LogP contribution < -0.4 is 0 Å². The Morgan fingerprint density at radius 3 is 2.52 bits per heavy atom. The summed E-state index contributed by atoms with van der Waals surface area (Å²) < 4.78 is 22.9. The van der Waals surface area contributed by atoms with E-state index in [2.05, 4.69) is 20.4 Å². The number of hydrogen-bond donors (Lipinski definition) is 1. The topological polar surface area (TPSA) is 128 Å². The van der Waals surface area contributed by atoms with Crippen molar-refractivity contribution in [1.29, 1.82) is 0 Å². The van der Waals surface area contributed by atoms with Crippen molar-refractivity contribution in [2.75, 3.05) is 12.0 Å². The Labute approximate surface area is 157 Å². The SMILES string of the molecule is Cc1cc(-c2nnn(C[C@H]3CC[C@H](CS(C)(=O)=O)CC3)n2)cc(C(=O)O)n1. The molecule has 146 valence electrons. The molecule has 1 saturated carbocycles. The number of sulfone groups is 1. The highest BCUT2D eigenvalue weighted by Crippen LogP contribution is 2.30. The van der Waals surface area contributed by atoms with Crippen LogP contribution in [0, 0.1) is 18.8 Å². The van der Waals surface area contributed by atoms with Gasteiger partial charge >= 0.3 is 5.97 Å². The molecule has 0 amide bonds. The van der Waals surface area contributed by atoms with Crippen molar-refractivity contribution in [2.24, 2.45) is 11.8 Å². The third kappa shape index (κ3) is 5.31. The first-order valence-electron chi connectivity index (χ1n) is 8.87. The number of carboxylic acids is 1. The summed E-state index contributed by atoms with van der Waals surface area (Å²) in [5.41, 5.74) is 1.10. The van der Waals surface area contributed by atoms with Gasteiger partial charge in [0.25, 0.3) is 0 Å². The average Bonchev–Trinajstić information content (AvgIpc) is 3.03. The third-order valence-electron chi connectivity index (χ3n) is 4.81. The average molecular weight is 393 g/mol. The lowest BCUT2D eigenvalue weighted by molar-refractivity contribution is 0.0690. The van der Waals surface area contributed by atoms with Crippen molar-refractivity contribution in [3.63, 3.8) is 0 Å². The number of tetrazole rings is 1. The van der Waals surface area contributed by atoms with E-state index in [0.29, 0.717) is 29.5 Å². The Kier molecular flexibility index (Phi) is 5.54. The molecule has 0 aromatic carbocycles. The first kappa shape index (κ1) is 19.4. The first-order chi connectivity index (χ1) is 12.7. The fourth-order valence-electron chi connectivity index (χ4n) is 3.58. The lowest BCUT2D eigenvalue weighted by Gasteiger charge is -2.27. The molecule has 0 atom stereocenters. The minimum atomic E-state index is -2.93. The predicted molar refractivity (Wildman–Crippen MR) is 97.9 cm³/mol. The van der Waals surface area contributed by atoms with Crippen LogP contribution in [0.1, 0.15) is 41.9 Å². The van der Waals surface area contributed by atoms with Crippen molar-refractivity contribution in [1.82, 2.24) is 25.2 Å². The molecule has 9 nitrogen and oxygen atoms in total. The van der Waals surface area contributed by atoms with Gasteiger partial charge in [-0.1, -0.05) is 0 Å². The van der Waals surface area contributed by atoms with E-state index in [4.69, 9.17) is 5.11 Å². The zero-order valence-electron chi connectivity index (χ0n) is 15.4. The minimum absolute atomic E-state index is 0.0504. The van der Waals surface area contributed by atoms with Crippen LogP contribution in [0.3, 0.4) is 0 Å². The lowest BCUT2D eigenvalue weighted by atomic mass is 9.83. The van der Waals surface area contributed by atoms with Gasteiger partial charge < -0.3 is 5.11 Å². The molecule has 1 aliphatic carbocycles. The van der Waals surface area contributed by atoms with Crippen LogP contribution in [-0.2, 0) is 16.4 Å². The number of aromatic carboxylic acids is 1. The summed E-state index contributed by atoms with van der Waals surface area (Å²) in [7, 11) is -2.93. The molecule has 3 rings (SSSR count). The van der Waals surface area contributed by atoms with Gasteiger partial charge in [-0.15, -0.1) is 10.2 Å². The maximum atomic E-state index is 11.4. The summed E-state index contributed by atoms with van der Waals surface area (Å²) in [4.78, 5) is 16.7. The number of hydrogen-bond acceptors (Lipinski definition) is 7. The van der Waals surface area contributed by atoms with Gasteiger partial charge in [-0.3, -0.25) is 0 Å². The van der Waals surface area contributed by atoms with Crippen LogP contribution in [0.5, 0.6) is 0 Å². The van der Waals surface area contributed by atoms with E-state index in [0.717, 1.165) is 25.7 Å². The molecule has 2 aromatic heterocycles. The molecule has 2 heterocycles. The van der Waals surface area contributed by atoms with Crippen LogP contribution in [0.25, 0.3) is 11.4 Å². The maximum absolute atomic E-state index is 11.4. The Morgan fingerprint density at radius 1 is 1.22 bits per heavy atom. The molecule has 0 unspecified atom stereocenters. The largest absolute Gasteiger partial charge is 0.477 e. The van der Waals surface area contributed by atoms with E-state index in [9.17, 15) is 13.2 Å². The summed E-state index contributed by atoms with van der Waals surface area (Å²) >= 11 is 0. The van der Waals surface area contributed by atoms with Gasteiger partial charge in [0.15, 0.2) is 0 Å². The summed E-state index contributed by atoms with van der Waals surface area (Å²) in [6.07, 6.45) is 4.95. The molecule has 1 fully saturated rings. The number of carboxylic acid groups (broad SMARTS) is 1. The van der Waals surface area contributed by atoms with Crippen LogP contribution in [0.15, 0.2) is 12.1 Å². The highest BCUT2D eigenvalue weighted by atomic mass is 32.2. The van der Waals surface area contributed by atoms with Crippen LogP contribution in [0.2, 0.25) is 0 Å². The molecule has 0 bridgehead atoms. The quantitative estimate of drug-likeness (QED) is 0.783. The molecule has 0 radical (unpaired) electrons. The van der Waals surface area contributed by atoms with Gasteiger partial charge in [0.1, 0.15) is 15.5 Å². The van der Waals surface area contributed by atoms with Crippen LogP contribution in [-0.4, -0.2) is 56.7 Å². The van der Waals surface area contributed by atoms with Gasteiger partial charge in [0.05, 0.1) is 12.3 Å². The molecular weight excluding hydrogens is 370 g/mol. The molecule has 10 heteroatoms. The Balaban J connectivity index is 1.63. The normalized spacial score (nSPS) is 20.5. The van der Waals surface area contributed by atoms with E-state index in [-0.39, 0.29) is 17.4 Å². The maximum Gasteiger partial charge on any atom is 0.354 e. The lowest BCUT2D eigenvalue weighted by Crippen LogP contribution is -2.24. The van der Waals surface area contributed by atoms with E-state index < -0.39 is 15.8 Å². The number of aryl methyl sites for hydroxylation is 1. The predicted octanol–water partition coefficient (Wildman–Crippen LogP) is 1.59. The Hall–Kier alpha value is -2.36. The number of pyridine rings is 1. The summed E-state index contributed by atoms with van der Waals surface area (Å²) in [5, 5.41) is 21.6. The molecule has 2 aromatic rings. The van der Waals surface area contributed by atoms with Crippen molar-refractivity contribution in [2.45, 2.75) is 39.2 Å². The van der Waals surface area contributed by atoms with Crippen molar-refractivity contribution in [3.05, 3.63) is 23.5 Å². The molecule has 27 heavy (non-hydrogen) atoms. The summed E-state index contributed by atoms with van der Waals surface area (Å²) in [5.74, 6) is 0.159. The molecular formula is C17H23N5O4S. The second-order valence-corrected chi connectivity index (χ2v) is 9.52. The van der Waals surface area contributed by atoms with Crippen molar-refractivity contribution >= 4 is 15.8 Å². The number of rotatable bonds is 6. The fraction of sp³-hybridized carbons (Fsp3) is 0.588. The smallest absolute Gasteiger partial charge is 0.354 e. The molecule has 0 saturated heterocycles. The van der Waals surface area contributed by atoms with Gasteiger partial charge in [-0.05, 0) is 61.8 Å².